The van der Waals surface area contributed by atoms with Crippen molar-refractivity contribution in [3.05, 3.63) is 29.8 Å². The number of aromatic hydroxyl groups is 1. The van der Waals surface area contributed by atoms with Gasteiger partial charge in [0.05, 0.1) is 5.56 Å². The lowest BCUT2D eigenvalue weighted by atomic mass is 10.1. The number of amides is 3. The molecule has 1 aromatic rings. The van der Waals surface area contributed by atoms with E-state index >= 15 is 0 Å². The molecular weight excluding hydrogens is 348 g/mol. The summed E-state index contributed by atoms with van der Waals surface area (Å²) in [6.07, 6.45) is 8.30. The zero-order chi connectivity index (χ0) is 20.1. The number of hydrogen-bond donors (Lipinski definition) is 4. The van der Waals surface area contributed by atoms with E-state index in [4.69, 9.17) is 11.7 Å². The van der Waals surface area contributed by atoms with Gasteiger partial charge in [0.15, 0.2) is 0 Å². The molecule has 150 valence electrons. The lowest BCUT2D eigenvalue weighted by molar-refractivity contribution is -0.129. The minimum atomic E-state index is -0.707. The molecule has 1 rings (SSSR count). The Bertz CT molecular complexity index is 621. The molecule has 3 amide bonds. The first-order chi connectivity index (χ1) is 13.0. The summed E-state index contributed by atoms with van der Waals surface area (Å²) in [6.45, 7) is 0. The van der Waals surface area contributed by atoms with Gasteiger partial charge in [-0.25, -0.2) is 16.7 Å². The number of hydrazine groups is 2. The lowest BCUT2D eigenvalue weighted by Gasteiger charge is -2.15. The zero-order valence-corrected chi connectivity index (χ0v) is 15.7. The molecule has 0 radical (unpaired) electrons. The summed E-state index contributed by atoms with van der Waals surface area (Å²) < 4.78 is 0. The summed E-state index contributed by atoms with van der Waals surface area (Å²) in [6, 6.07) is 5.98. The largest absolute Gasteiger partial charge is 0.507 e. The van der Waals surface area contributed by atoms with E-state index < -0.39 is 11.8 Å². The van der Waals surface area contributed by atoms with Crippen molar-refractivity contribution in [1.29, 1.82) is 0 Å². The van der Waals surface area contributed by atoms with E-state index in [1.165, 1.54) is 12.1 Å². The molecule has 0 saturated carbocycles. The van der Waals surface area contributed by atoms with Crippen molar-refractivity contribution in [2.45, 2.75) is 64.2 Å². The number of hydrogen-bond acceptors (Lipinski definition) is 6. The second-order valence-corrected chi connectivity index (χ2v) is 6.48. The van der Waals surface area contributed by atoms with Crippen LogP contribution in [-0.4, -0.2) is 27.8 Å². The molecule has 0 aliphatic rings. The number of carbonyl (C=O) groups is 3. The number of unbranched alkanes of at least 4 members (excludes halogenated alkanes) is 7. The van der Waals surface area contributed by atoms with Crippen molar-refractivity contribution < 1.29 is 19.5 Å². The maximum absolute atomic E-state index is 12.1. The van der Waals surface area contributed by atoms with Gasteiger partial charge < -0.3 is 5.11 Å². The van der Waals surface area contributed by atoms with E-state index in [0.717, 1.165) is 44.9 Å². The maximum Gasteiger partial charge on any atom is 0.278 e. The van der Waals surface area contributed by atoms with Crippen LogP contribution in [0.2, 0.25) is 0 Å². The molecule has 0 aliphatic carbocycles. The van der Waals surface area contributed by atoms with Gasteiger partial charge in [0.1, 0.15) is 5.75 Å². The third-order valence-corrected chi connectivity index (χ3v) is 4.33. The maximum atomic E-state index is 12.1. The monoisotopic (exact) mass is 378 g/mol. The number of phenols is 1. The highest BCUT2D eigenvalue weighted by Gasteiger charge is 2.21. The number of benzene rings is 1. The van der Waals surface area contributed by atoms with Crippen molar-refractivity contribution >= 4 is 17.7 Å². The van der Waals surface area contributed by atoms with Crippen molar-refractivity contribution in [1.82, 2.24) is 10.4 Å². The van der Waals surface area contributed by atoms with Gasteiger partial charge in [0.2, 0.25) is 11.8 Å². The normalized spacial score (nSPS) is 10.4. The first-order valence-electron chi connectivity index (χ1n) is 9.36. The smallest absolute Gasteiger partial charge is 0.278 e. The van der Waals surface area contributed by atoms with Gasteiger partial charge in [-0.3, -0.25) is 19.8 Å². The van der Waals surface area contributed by atoms with Crippen molar-refractivity contribution in [3.63, 3.8) is 0 Å². The van der Waals surface area contributed by atoms with E-state index in [1.54, 1.807) is 12.1 Å². The third-order valence-electron chi connectivity index (χ3n) is 4.33. The van der Waals surface area contributed by atoms with E-state index in [-0.39, 0.29) is 23.6 Å². The first-order valence-corrected chi connectivity index (χ1v) is 9.36. The summed E-state index contributed by atoms with van der Waals surface area (Å²) in [5, 5.41) is 10.2. The zero-order valence-electron chi connectivity index (χ0n) is 15.7. The van der Waals surface area contributed by atoms with Crippen LogP contribution in [-0.2, 0) is 9.59 Å². The van der Waals surface area contributed by atoms with Crippen LogP contribution in [0.15, 0.2) is 24.3 Å². The molecule has 0 bridgehead atoms. The second-order valence-electron chi connectivity index (χ2n) is 6.48. The fraction of sp³-hybridized carbons (Fsp3) is 0.526. The Morgan fingerprint density at radius 1 is 0.889 bits per heavy atom. The molecule has 0 heterocycles. The number of nitrogens with zero attached hydrogens (tertiary/aromatic N) is 1. The topological polar surface area (TPSA) is 139 Å². The number of carbonyl (C=O) groups excluding carboxylic acids is 3. The molecule has 8 heteroatoms. The van der Waals surface area contributed by atoms with Crippen molar-refractivity contribution in [2.24, 2.45) is 11.7 Å². The van der Waals surface area contributed by atoms with E-state index in [1.807, 2.05) is 0 Å². The Balaban J connectivity index is 2.11. The second kappa shape index (κ2) is 12.8. The van der Waals surface area contributed by atoms with E-state index in [2.05, 4.69) is 5.43 Å². The molecule has 8 nitrogen and oxygen atoms in total. The van der Waals surface area contributed by atoms with Crippen LogP contribution in [0.4, 0.5) is 0 Å². The van der Waals surface area contributed by atoms with E-state index in [9.17, 15) is 19.5 Å². The summed E-state index contributed by atoms with van der Waals surface area (Å²) in [5.41, 5.74) is 2.13. The van der Waals surface area contributed by atoms with Gasteiger partial charge in [-0.2, -0.15) is 0 Å². The lowest BCUT2D eigenvalue weighted by Crippen LogP contribution is -2.42. The van der Waals surface area contributed by atoms with Gasteiger partial charge >= 0.3 is 0 Å². The van der Waals surface area contributed by atoms with Crippen LogP contribution in [0.1, 0.15) is 74.6 Å². The van der Waals surface area contributed by atoms with Gasteiger partial charge in [-0.1, -0.05) is 50.7 Å². The highest BCUT2D eigenvalue weighted by molar-refractivity contribution is 6.05. The van der Waals surface area contributed by atoms with Gasteiger partial charge in [-0.15, -0.1) is 0 Å². The number of nitrogens with two attached hydrogens (primary N) is 2. The number of nitrogens with one attached hydrogen (secondary N) is 1. The van der Waals surface area contributed by atoms with Crippen LogP contribution in [0, 0.1) is 0 Å². The van der Waals surface area contributed by atoms with Crippen molar-refractivity contribution in [3.8, 4) is 5.75 Å². The molecule has 0 aliphatic heterocycles. The molecule has 6 N–H and O–H groups in total. The number of para-hydroxylation sites is 1. The molecule has 27 heavy (non-hydrogen) atoms. The van der Waals surface area contributed by atoms with E-state index in [0.29, 0.717) is 17.9 Å². The number of phenolic OH excluding ortho intramolecular Hbond substituents is 1. The van der Waals surface area contributed by atoms with Gasteiger partial charge in [0, 0.05) is 12.8 Å². The van der Waals surface area contributed by atoms with Gasteiger partial charge in [-0.05, 0) is 25.0 Å². The Morgan fingerprint density at radius 2 is 1.41 bits per heavy atom. The fourth-order valence-corrected chi connectivity index (χ4v) is 2.71. The minimum absolute atomic E-state index is 0.0114. The average Bonchev–Trinajstić information content (AvgIpc) is 2.68. The molecule has 0 fully saturated rings. The average molecular weight is 378 g/mol. The van der Waals surface area contributed by atoms with Crippen LogP contribution in [0.3, 0.4) is 0 Å². The predicted molar refractivity (Wildman–Crippen MR) is 102 cm³/mol. The summed E-state index contributed by atoms with van der Waals surface area (Å²) in [5.74, 6) is 9.10. The Hall–Kier alpha value is -2.45. The van der Waals surface area contributed by atoms with Crippen molar-refractivity contribution in [2.75, 3.05) is 0 Å². The van der Waals surface area contributed by atoms with Crippen LogP contribution < -0.4 is 17.1 Å². The molecule has 0 atom stereocenters. The standard InChI is InChI=1S/C19H30N4O4/c20-22-17(25)13-7-5-3-1-2-4-6-8-14-18(26)23(21)19(27)15-11-9-10-12-16(15)24/h9-12,24H,1-8,13-14,20-21H2,(H,22,25). The summed E-state index contributed by atoms with van der Waals surface area (Å²) in [4.78, 5) is 35.1. The molecule has 0 aromatic heterocycles. The minimum Gasteiger partial charge on any atom is -0.507 e. The molecular formula is C19H30N4O4. The van der Waals surface area contributed by atoms with Crippen LogP contribution in [0.25, 0.3) is 0 Å². The summed E-state index contributed by atoms with van der Waals surface area (Å²) >= 11 is 0. The molecule has 0 unspecified atom stereocenters. The molecule has 0 saturated heterocycles. The fourth-order valence-electron chi connectivity index (χ4n) is 2.71. The Kier molecular flexibility index (Phi) is 10.7. The number of imide groups is 1. The Morgan fingerprint density at radius 3 is 1.96 bits per heavy atom. The molecule has 0 spiro atoms. The molecule has 1 aromatic carbocycles. The third kappa shape index (κ3) is 8.65. The van der Waals surface area contributed by atoms with Crippen LogP contribution >= 0.6 is 0 Å². The SMILES string of the molecule is NNC(=O)CCCCCCCCCCC(=O)N(N)C(=O)c1ccccc1O. The van der Waals surface area contributed by atoms with Gasteiger partial charge in [0.25, 0.3) is 5.91 Å². The first kappa shape index (κ1) is 22.6. The Labute approximate surface area is 159 Å². The van der Waals surface area contributed by atoms with Crippen LogP contribution in [0.5, 0.6) is 5.75 Å². The highest BCUT2D eigenvalue weighted by atomic mass is 16.3. The highest BCUT2D eigenvalue weighted by Crippen LogP contribution is 2.17. The summed E-state index contributed by atoms with van der Waals surface area (Å²) in [7, 11) is 0. The quantitative estimate of drug-likeness (QED) is 0.190. The predicted octanol–water partition coefficient (Wildman–Crippen LogP) is 2.13. The number of rotatable bonds is 12.